The first-order valence-corrected chi connectivity index (χ1v) is 5.61. The van der Waals surface area contributed by atoms with Crippen molar-refractivity contribution in [3.8, 4) is 0 Å². The van der Waals surface area contributed by atoms with Crippen molar-refractivity contribution in [2.75, 3.05) is 6.54 Å². The molecule has 3 N–H and O–H groups in total. The lowest BCUT2D eigenvalue weighted by Crippen LogP contribution is -2.26. The molecule has 15 heavy (non-hydrogen) atoms. The molecule has 1 amide bonds. The summed E-state index contributed by atoms with van der Waals surface area (Å²) in [5, 5.41) is 2.68. The number of nitrogens with two attached hydrogens (primary N) is 1. The van der Waals surface area contributed by atoms with Gasteiger partial charge in [-0.05, 0) is 12.8 Å². The first-order chi connectivity index (χ1) is 6.93. The van der Waals surface area contributed by atoms with Crippen molar-refractivity contribution in [1.82, 2.24) is 5.32 Å². The Hall–Kier alpha value is -0.990. The van der Waals surface area contributed by atoms with E-state index < -0.39 is 0 Å². The number of amides is 1. The lowest BCUT2D eigenvalue weighted by Gasteiger charge is -2.02. The van der Waals surface area contributed by atoms with E-state index in [1.807, 2.05) is 0 Å². The molecule has 0 aromatic rings. The van der Waals surface area contributed by atoms with E-state index >= 15 is 0 Å². The van der Waals surface area contributed by atoms with Gasteiger partial charge in [0.25, 0.3) is 0 Å². The second-order valence-corrected chi connectivity index (χ2v) is 3.90. The lowest BCUT2D eigenvalue weighted by atomic mass is 10.0. The van der Waals surface area contributed by atoms with Gasteiger partial charge in [-0.3, -0.25) is 4.79 Å². The van der Waals surface area contributed by atoms with Crippen LogP contribution in [0.15, 0.2) is 12.3 Å². The molecule has 90 valence electrons. The molecule has 0 spiro atoms. The molecule has 0 rings (SSSR count). The third kappa shape index (κ3) is 19.4. The topological polar surface area (TPSA) is 55.1 Å². The first-order valence-electron chi connectivity index (χ1n) is 5.61. The fourth-order valence-corrected chi connectivity index (χ4v) is 0.935. The van der Waals surface area contributed by atoms with Crippen molar-refractivity contribution in [3.05, 3.63) is 12.3 Å². The number of nitrogens with one attached hydrogen (secondary N) is 1. The van der Waals surface area contributed by atoms with E-state index in [0.717, 1.165) is 11.6 Å². The summed E-state index contributed by atoms with van der Waals surface area (Å²) in [6.07, 6.45) is 4.08. The molecule has 0 saturated carbocycles. The summed E-state index contributed by atoms with van der Waals surface area (Å²) in [4.78, 5) is 10.0. The number of rotatable bonds is 6. The molecule has 0 bridgehead atoms. The molecule has 3 nitrogen and oxygen atoms in total. The number of carbonyl (C=O) groups is 1. The normalized spacial score (nSPS) is 10.9. The van der Waals surface area contributed by atoms with Crippen LogP contribution in [0.25, 0.3) is 0 Å². The summed E-state index contributed by atoms with van der Waals surface area (Å²) in [5.74, 6) is 0.581. The maximum absolute atomic E-state index is 10.0. The predicted molar refractivity (Wildman–Crippen MR) is 66.4 cm³/mol. The van der Waals surface area contributed by atoms with Crippen LogP contribution in [0.2, 0.25) is 0 Å². The first kappa shape index (κ1) is 16.4. The van der Waals surface area contributed by atoms with Crippen LogP contribution in [0.3, 0.4) is 0 Å². The molecule has 0 heterocycles. The van der Waals surface area contributed by atoms with Crippen LogP contribution >= 0.6 is 0 Å². The Balaban J connectivity index is 0. The maximum Gasteiger partial charge on any atom is 0.236 e. The van der Waals surface area contributed by atoms with Crippen molar-refractivity contribution in [3.63, 3.8) is 0 Å². The number of hydrogen-bond donors (Lipinski definition) is 2. The zero-order valence-corrected chi connectivity index (χ0v) is 10.6. The van der Waals surface area contributed by atoms with E-state index in [-0.39, 0.29) is 12.5 Å². The van der Waals surface area contributed by atoms with Gasteiger partial charge in [0.05, 0.1) is 6.54 Å². The minimum atomic E-state index is -0.368. The average molecular weight is 214 g/mol. The molecule has 0 aromatic carbocycles. The largest absolute Gasteiger partial charge is 0.380 e. The summed E-state index contributed by atoms with van der Waals surface area (Å²) in [5.41, 5.74) is 5.55. The highest BCUT2D eigenvalue weighted by Gasteiger charge is 1.92. The Kier molecular flexibility index (Phi) is 12.2. The van der Waals surface area contributed by atoms with Crippen molar-refractivity contribution < 1.29 is 4.79 Å². The van der Waals surface area contributed by atoms with Crippen molar-refractivity contribution in [1.29, 1.82) is 0 Å². The molecular formula is C12H26N2O. The molecule has 0 aliphatic carbocycles. The molecule has 1 unspecified atom stereocenters. The number of carbonyl (C=O) groups excluding carboxylic acids is 1. The van der Waals surface area contributed by atoms with Gasteiger partial charge in [0.15, 0.2) is 0 Å². The summed E-state index contributed by atoms with van der Waals surface area (Å²) in [7, 11) is 0. The van der Waals surface area contributed by atoms with Crippen LogP contribution in [-0.2, 0) is 4.79 Å². The van der Waals surface area contributed by atoms with Crippen molar-refractivity contribution in [2.45, 2.75) is 47.0 Å². The van der Waals surface area contributed by atoms with Gasteiger partial charge < -0.3 is 11.1 Å². The Morgan fingerprint density at radius 3 is 2.13 bits per heavy atom. The third-order valence-corrected chi connectivity index (χ3v) is 2.04. The lowest BCUT2D eigenvalue weighted by molar-refractivity contribution is -0.117. The monoisotopic (exact) mass is 214 g/mol. The summed E-state index contributed by atoms with van der Waals surface area (Å²) in [6.45, 7) is 12.3. The zero-order chi connectivity index (χ0) is 12.3. The van der Waals surface area contributed by atoms with Crippen LogP contribution < -0.4 is 11.1 Å². The zero-order valence-electron chi connectivity index (χ0n) is 10.6. The number of primary amides is 1. The van der Waals surface area contributed by atoms with Gasteiger partial charge in [-0.15, -0.1) is 0 Å². The van der Waals surface area contributed by atoms with Gasteiger partial charge >= 0.3 is 0 Å². The molecule has 0 radical (unpaired) electrons. The average Bonchev–Trinajstić information content (AvgIpc) is 2.16. The SMILES string of the molecule is C=C(C)NCC(N)=O.CCCC(C)CC. The Bertz CT molecular complexity index is 164. The van der Waals surface area contributed by atoms with E-state index in [0.29, 0.717) is 0 Å². The molecule has 0 aromatic heterocycles. The molecule has 3 heteroatoms. The number of hydrogen-bond acceptors (Lipinski definition) is 2. The minimum Gasteiger partial charge on any atom is -0.380 e. The highest BCUT2D eigenvalue weighted by atomic mass is 16.1. The van der Waals surface area contributed by atoms with Gasteiger partial charge in [-0.2, -0.15) is 0 Å². The van der Waals surface area contributed by atoms with Gasteiger partial charge in [0.1, 0.15) is 0 Å². The summed E-state index contributed by atoms with van der Waals surface area (Å²) >= 11 is 0. The fraction of sp³-hybridized carbons (Fsp3) is 0.750. The third-order valence-electron chi connectivity index (χ3n) is 2.04. The standard InChI is InChI=1S/C7H16.C5H10N2O/c1-4-6-7(3)5-2;1-4(2)7-3-5(6)8/h7H,4-6H2,1-3H3;7H,1,3H2,2H3,(H2,6,8). The maximum atomic E-state index is 10.0. The second-order valence-electron chi connectivity index (χ2n) is 3.90. The van der Waals surface area contributed by atoms with Gasteiger partial charge in [-0.25, -0.2) is 0 Å². The summed E-state index contributed by atoms with van der Waals surface area (Å²) in [6, 6.07) is 0. The van der Waals surface area contributed by atoms with Crippen LogP contribution in [0, 0.1) is 5.92 Å². The molecule has 0 saturated heterocycles. The van der Waals surface area contributed by atoms with E-state index in [1.165, 1.54) is 19.3 Å². The predicted octanol–water partition coefficient (Wildman–Crippen LogP) is 2.43. The Labute approximate surface area is 94.1 Å². The molecular weight excluding hydrogens is 188 g/mol. The van der Waals surface area contributed by atoms with Crippen molar-refractivity contribution >= 4 is 5.91 Å². The quantitative estimate of drug-likeness (QED) is 0.713. The van der Waals surface area contributed by atoms with Crippen LogP contribution in [0.1, 0.15) is 47.0 Å². The van der Waals surface area contributed by atoms with E-state index in [9.17, 15) is 4.79 Å². The summed E-state index contributed by atoms with van der Waals surface area (Å²) < 4.78 is 0. The van der Waals surface area contributed by atoms with E-state index in [2.05, 4.69) is 32.7 Å². The smallest absolute Gasteiger partial charge is 0.236 e. The fourth-order valence-electron chi connectivity index (χ4n) is 0.935. The molecule has 1 atom stereocenters. The highest BCUT2D eigenvalue weighted by molar-refractivity contribution is 5.76. The van der Waals surface area contributed by atoms with Crippen LogP contribution in [0.5, 0.6) is 0 Å². The van der Waals surface area contributed by atoms with Crippen molar-refractivity contribution in [2.24, 2.45) is 11.7 Å². The number of allylic oxidation sites excluding steroid dienone is 1. The Morgan fingerprint density at radius 2 is 2.00 bits per heavy atom. The Morgan fingerprint density at radius 1 is 1.47 bits per heavy atom. The van der Waals surface area contributed by atoms with E-state index in [1.54, 1.807) is 6.92 Å². The van der Waals surface area contributed by atoms with E-state index in [4.69, 9.17) is 5.73 Å². The molecule has 0 aliphatic heterocycles. The molecule has 0 aliphatic rings. The van der Waals surface area contributed by atoms with Gasteiger partial charge in [0.2, 0.25) is 5.91 Å². The molecule has 0 fully saturated rings. The second kappa shape index (κ2) is 11.1. The van der Waals surface area contributed by atoms with Crippen LogP contribution in [0.4, 0.5) is 0 Å². The van der Waals surface area contributed by atoms with Gasteiger partial charge in [0, 0.05) is 5.70 Å². The minimum absolute atomic E-state index is 0.176. The van der Waals surface area contributed by atoms with Crippen LogP contribution in [-0.4, -0.2) is 12.5 Å². The highest BCUT2D eigenvalue weighted by Crippen LogP contribution is 2.07. The van der Waals surface area contributed by atoms with Gasteiger partial charge in [-0.1, -0.05) is 46.6 Å².